The molecule has 1 aliphatic rings. The molecular weight excluding hydrogens is 201 g/mol. The normalized spacial score (nSPS) is 16.4. The van der Waals surface area contributed by atoms with Gasteiger partial charge in [-0.05, 0) is 37.0 Å². The highest BCUT2D eigenvalue weighted by Crippen LogP contribution is 2.27. The highest BCUT2D eigenvalue weighted by molar-refractivity contribution is 6.30. The molecule has 76 valence electrons. The second-order valence-electron chi connectivity index (χ2n) is 3.80. The molecule has 0 aliphatic heterocycles. The van der Waals surface area contributed by atoms with E-state index in [-0.39, 0.29) is 5.82 Å². The van der Waals surface area contributed by atoms with Crippen LogP contribution in [0.4, 0.5) is 10.1 Å². The molecule has 0 heterocycles. The first kappa shape index (κ1) is 9.78. The first-order valence-electron chi connectivity index (χ1n) is 4.94. The van der Waals surface area contributed by atoms with Crippen molar-refractivity contribution in [1.82, 2.24) is 0 Å². The van der Waals surface area contributed by atoms with Gasteiger partial charge in [-0.25, -0.2) is 4.39 Å². The lowest BCUT2D eigenvalue weighted by atomic mass is 9.85. The molecule has 0 spiro atoms. The van der Waals surface area contributed by atoms with Crippen LogP contribution in [0.2, 0.25) is 5.02 Å². The van der Waals surface area contributed by atoms with Gasteiger partial charge in [0.2, 0.25) is 0 Å². The molecule has 0 atom stereocenters. The van der Waals surface area contributed by atoms with Gasteiger partial charge in [0.1, 0.15) is 5.82 Å². The van der Waals surface area contributed by atoms with Crippen LogP contribution in [0, 0.1) is 11.7 Å². The average Bonchev–Trinajstić information content (AvgIpc) is 2.05. The molecule has 1 N–H and O–H groups in total. The standard InChI is InChI=1S/C11H13ClFN/c12-9-4-5-11(10(13)6-9)14-7-8-2-1-3-8/h4-6,8,14H,1-3,7H2. The molecular formula is C11H13ClFN. The van der Waals surface area contributed by atoms with Gasteiger partial charge in [0.25, 0.3) is 0 Å². The number of benzene rings is 1. The molecule has 0 amide bonds. The van der Waals surface area contributed by atoms with E-state index in [9.17, 15) is 4.39 Å². The molecule has 0 unspecified atom stereocenters. The fourth-order valence-corrected chi connectivity index (χ4v) is 1.74. The van der Waals surface area contributed by atoms with Gasteiger partial charge in [-0.3, -0.25) is 0 Å². The van der Waals surface area contributed by atoms with E-state index in [2.05, 4.69) is 5.32 Å². The van der Waals surface area contributed by atoms with Gasteiger partial charge >= 0.3 is 0 Å². The fourth-order valence-electron chi connectivity index (χ4n) is 1.58. The molecule has 1 aliphatic carbocycles. The Morgan fingerprint density at radius 3 is 2.79 bits per heavy atom. The van der Waals surface area contributed by atoms with Gasteiger partial charge in [-0.15, -0.1) is 0 Å². The summed E-state index contributed by atoms with van der Waals surface area (Å²) >= 11 is 5.65. The Balaban J connectivity index is 1.94. The third-order valence-corrected chi connectivity index (χ3v) is 2.97. The van der Waals surface area contributed by atoms with Crippen LogP contribution in [-0.4, -0.2) is 6.54 Å². The largest absolute Gasteiger partial charge is 0.382 e. The summed E-state index contributed by atoms with van der Waals surface area (Å²) in [6.45, 7) is 0.874. The van der Waals surface area contributed by atoms with Gasteiger partial charge in [-0.1, -0.05) is 18.0 Å². The predicted molar refractivity (Wildman–Crippen MR) is 57.2 cm³/mol. The van der Waals surface area contributed by atoms with Crippen molar-refractivity contribution in [2.75, 3.05) is 11.9 Å². The average molecular weight is 214 g/mol. The Morgan fingerprint density at radius 2 is 2.21 bits per heavy atom. The smallest absolute Gasteiger partial charge is 0.147 e. The molecule has 1 fully saturated rings. The zero-order valence-corrected chi connectivity index (χ0v) is 8.65. The van der Waals surface area contributed by atoms with Crippen LogP contribution in [0.25, 0.3) is 0 Å². The zero-order chi connectivity index (χ0) is 9.97. The Morgan fingerprint density at radius 1 is 1.43 bits per heavy atom. The number of nitrogens with one attached hydrogen (secondary N) is 1. The summed E-state index contributed by atoms with van der Waals surface area (Å²) in [6.07, 6.45) is 3.85. The van der Waals surface area contributed by atoms with Crippen LogP contribution in [0.5, 0.6) is 0 Å². The lowest BCUT2D eigenvalue weighted by Gasteiger charge is -2.25. The van der Waals surface area contributed by atoms with Gasteiger partial charge in [-0.2, -0.15) is 0 Å². The quantitative estimate of drug-likeness (QED) is 0.808. The highest BCUT2D eigenvalue weighted by Gasteiger charge is 2.17. The van der Waals surface area contributed by atoms with Gasteiger partial charge in [0.05, 0.1) is 5.69 Å². The van der Waals surface area contributed by atoms with Crippen molar-refractivity contribution in [2.45, 2.75) is 19.3 Å². The third kappa shape index (κ3) is 2.18. The van der Waals surface area contributed by atoms with E-state index >= 15 is 0 Å². The van der Waals surface area contributed by atoms with Crippen molar-refractivity contribution in [3.8, 4) is 0 Å². The fraction of sp³-hybridized carbons (Fsp3) is 0.455. The number of hydrogen-bond acceptors (Lipinski definition) is 1. The SMILES string of the molecule is Fc1cc(Cl)ccc1NCC1CCC1. The lowest BCUT2D eigenvalue weighted by molar-refractivity contribution is 0.333. The van der Waals surface area contributed by atoms with E-state index in [1.165, 1.54) is 25.3 Å². The maximum atomic E-state index is 13.3. The number of hydrogen-bond donors (Lipinski definition) is 1. The summed E-state index contributed by atoms with van der Waals surface area (Å²) in [5, 5.41) is 3.55. The second kappa shape index (κ2) is 4.18. The van der Waals surface area contributed by atoms with Crippen LogP contribution in [0.1, 0.15) is 19.3 Å². The minimum atomic E-state index is -0.267. The van der Waals surface area contributed by atoms with Gasteiger partial charge in [0, 0.05) is 11.6 Å². The summed E-state index contributed by atoms with van der Waals surface area (Å²) in [4.78, 5) is 0. The molecule has 14 heavy (non-hydrogen) atoms. The number of rotatable bonds is 3. The minimum absolute atomic E-state index is 0.267. The van der Waals surface area contributed by atoms with Crippen LogP contribution < -0.4 is 5.32 Å². The van der Waals surface area contributed by atoms with Crippen molar-refractivity contribution < 1.29 is 4.39 Å². The second-order valence-corrected chi connectivity index (χ2v) is 4.24. The predicted octanol–water partition coefficient (Wildman–Crippen LogP) is 3.69. The molecule has 1 nitrogen and oxygen atoms in total. The van der Waals surface area contributed by atoms with Crippen LogP contribution in [0.3, 0.4) is 0 Å². The summed E-state index contributed by atoms with van der Waals surface area (Å²) in [5.41, 5.74) is 0.557. The van der Waals surface area contributed by atoms with Crippen LogP contribution >= 0.6 is 11.6 Å². The van der Waals surface area contributed by atoms with Crippen molar-refractivity contribution in [3.63, 3.8) is 0 Å². The van der Waals surface area contributed by atoms with Crippen molar-refractivity contribution in [3.05, 3.63) is 29.0 Å². The molecule has 0 bridgehead atoms. The minimum Gasteiger partial charge on any atom is -0.382 e. The van der Waals surface area contributed by atoms with E-state index in [0.717, 1.165) is 12.5 Å². The molecule has 2 rings (SSSR count). The summed E-state index contributed by atoms with van der Waals surface area (Å²) < 4.78 is 13.3. The van der Waals surface area contributed by atoms with Gasteiger partial charge in [0.15, 0.2) is 0 Å². The monoisotopic (exact) mass is 213 g/mol. The van der Waals surface area contributed by atoms with Crippen molar-refractivity contribution in [2.24, 2.45) is 5.92 Å². The molecule has 0 aromatic heterocycles. The van der Waals surface area contributed by atoms with Crippen LogP contribution in [0.15, 0.2) is 18.2 Å². The Bertz CT molecular complexity index is 323. The summed E-state index contributed by atoms with van der Waals surface area (Å²) in [5.74, 6) is 0.460. The van der Waals surface area contributed by atoms with E-state index in [1.54, 1.807) is 12.1 Å². The number of anilines is 1. The Kier molecular flexibility index (Phi) is 2.92. The Labute approximate surface area is 88.3 Å². The van der Waals surface area contributed by atoms with E-state index in [4.69, 9.17) is 11.6 Å². The maximum Gasteiger partial charge on any atom is 0.147 e. The third-order valence-electron chi connectivity index (χ3n) is 2.74. The van der Waals surface area contributed by atoms with Gasteiger partial charge < -0.3 is 5.32 Å². The van der Waals surface area contributed by atoms with Crippen LogP contribution in [-0.2, 0) is 0 Å². The Hall–Kier alpha value is -0.760. The summed E-state index contributed by atoms with van der Waals surface area (Å²) in [7, 11) is 0. The first-order valence-corrected chi connectivity index (χ1v) is 5.32. The topological polar surface area (TPSA) is 12.0 Å². The van der Waals surface area contributed by atoms with Crippen molar-refractivity contribution >= 4 is 17.3 Å². The first-order chi connectivity index (χ1) is 6.75. The maximum absolute atomic E-state index is 13.3. The van der Waals surface area contributed by atoms with E-state index < -0.39 is 0 Å². The molecule has 1 saturated carbocycles. The van der Waals surface area contributed by atoms with E-state index in [0.29, 0.717) is 10.7 Å². The molecule has 0 saturated heterocycles. The molecule has 0 radical (unpaired) electrons. The van der Waals surface area contributed by atoms with E-state index in [1.807, 2.05) is 0 Å². The zero-order valence-electron chi connectivity index (χ0n) is 7.89. The molecule has 1 aromatic rings. The number of halogens is 2. The highest BCUT2D eigenvalue weighted by atomic mass is 35.5. The molecule has 1 aromatic carbocycles. The molecule has 3 heteroatoms. The summed E-state index contributed by atoms with van der Waals surface area (Å²) in [6, 6.07) is 4.73. The lowest BCUT2D eigenvalue weighted by Crippen LogP contribution is -2.21. The van der Waals surface area contributed by atoms with Crippen molar-refractivity contribution in [1.29, 1.82) is 0 Å².